The van der Waals surface area contributed by atoms with Crippen LogP contribution in [0.4, 0.5) is 0 Å². The number of aliphatic hydroxyl groups is 1. The Labute approximate surface area is 128 Å². The van der Waals surface area contributed by atoms with Crippen molar-refractivity contribution in [1.29, 1.82) is 0 Å². The summed E-state index contributed by atoms with van der Waals surface area (Å²) in [7, 11) is 0. The van der Waals surface area contributed by atoms with Gasteiger partial charge in [0.25, 0.3) is 0 Å². The predicted molar refractivity (Wildman–Crippen MR) is 83.2 cm³/mol. The maximum absolute atomic E-state index is 11.8. The summed E-state index contributed by atoms with van der Waals surface area (Å²) >= 11 is 7.66. The number of halogens is 1. The van der Waals surface area contributed by atoms with Crippen molar-refractivity contribution in [3.8, 4) is 0 Å². The molecule has 2 unspecified atom stereocenters. The number of benzene rings is 1. The molecule has 110 valence electrons. The van der Waals surface area contributed by atoms with Gasteiger partial charge in [-0.3, -0.25) is 4.79 Å². The van der Waals surface area contributed by atoms with E-state index in [-0.39, 0.29) is 18.5 Å². The quantitative estimate of drug-likeness (QED) is 0.772. The molecule has 1 aliphatic rings. The zero-order chi connectivity index (χ0) is 14.4. The zero-order valence-corrected chi connectivity index (χ0v) is 12.7. The summed E-state index contributed by atoms with van der Waals surface area (Å²) in [5.74, 6) is 2.04. The second kappa shape index (κ2) is 7.88. The minimum absolute atomic E-state index is 0.0296. The van der Waals surface area contributed by atoms with E-state index in [0.29, 0.717) is 11.4 Å². The van der Waals surface area contributed by atoms with Gasteiger partial charge in [-0.1, -0.05) is 23.7 Å². The van der Waals surface area contributed by atoms with Crippen molar-refractivity contribution >= 4 is 29.3 Å². The topological polar surface area (TPSA) is 61.4 Å². The second-order valence-corrected chi connectivity index (χ2v) is 6.39. The number of thioether (sulfide) groups is 1. The minimum atomic E-state index is -0.704. The van der Waals surface area contributed by atoms with Gasteiger partial charge in [0.15, 0.2) is 0 Å². The molecule has 0 saturated carbocycles. The highest BCUT2D eigenvalue weighted by Gasteiger charge is 2.17. The summed E-state index contributed by atoms with van der Waals surface area (Å²) < 4.78 is 0. The SMILES string of the molecule is O=C(CC1CSCCN1)NCC(O)c1ccc(Cl)cc1. The maximum atomic E-state index is 11.8. The van der Waals surface area contributed by atoms with E-state index in [1.54, 1.807) is 24.3 Å². The van der Waals surface area contributed by atoms with Crippen LogP contribution in [-0.2, 0) is 4.79 Å². The molecule has 20 heavy (non-hydrogen) atoms. The van der Waals surface area contributed by atoms with Gasteiger partial charge >= 0.3 is 0 Å². The lowest BCUT2D eigenvalue weighted by atomic mass is 10.1. The van der Waals surface area contributed by atoms with Gasteiger partial charge in [0.2, 0.25) is 5.91 Å². The first-order valence-electron chi connectivity index (χ1n) is 6.66. The second-order valence-electron chi connectivity index (χ2n) is 4.80. The smallest absolute Gasteiger partial charge is 0.221 e. The van der Waals surface area contributed by atoms with Crippen LogP contribution in [0.3, 0.4) is 0 Å². The van der Waals surface area contributed by atoms with Gasteiger partial charge in [-0.2, -0.15) is 11.8 Å². The Balaban J connectivity index is 1.73. The van der Waals surface area contributed by atoms with Gasteiger partial charge in [0, 0.05) is 42.1 Å². The van der Waals surface area contributed by atoms with E-state index in [9.17, 15) is 9.90 Å². The number of nitrogens with one attached hydrogen (secondary N) is 2. The third-order valence-corrected chi connectivity index (χ3v) is 4.56. The molecule has 2 atom stereocenters. The first-order valence-corrected chi connectivity index (χ1v) is 8.20. The summed E-state index contributed by atoms with van der Waals surface area (Å²) in [5, 5.41) is 16.7. The van der Waals surface area contributed by atoms with Gasteiger partial charge in [-0.05, 0) is 17.7 Å². The van der Waals surface area contributed by atoms with E-state index in [0.717, 1.165) is 23.6 Å². The molecule has 3 N–H and O–H groups in total. The third-order valence-electron chi connectivity index (χ3n) is 3.18. The van der Waals surface area contributed by atoms with Gasteiger partial charge in [-0.15, -0.1) is 0 Å². The number of hydrogen-bond donors (Lipinski definition) is 3. The number of amides is 1. The van der Waals surface area contributed by atoms with Gasteiger partial charge in [0.1, 0.15) is 0 Å². The Morgan fingerprint density at radius 3 is 2.90 bits per heavy atom. The zero-order valence-electron chi connectivity index (χ0n) is 11.1. The number of aliphatic hydroxyl groups excluding tert-OH is 1. The fraction of sp³-hybridized carbons (Fsp3) is 0.500. The first kappa shape index (κ1) is 15.6. The van der Waals surface area contributed by atoms with Gasteiger partial charge < -0.3 is 15.7 Å². The van der Waals surface area contributed by atoms with Crippen LogP contribution in [0, 0.1) is 0 Å². The molecular weight excluding hydrogens is 296 g/mol. The Morgan fingerprint density at radius 2 is 2.25 bits per heavy atom. The Bertz CT molecular complexity index is 435. The summed E-state index contributed by atoms with van der Waals surface area (Å²) in [6, 6.07) is 7.22. The summed E-state index contributed by atoms with van der Waals surface area (Å²) in [4.78, 5) is 11.8. The average Bonchev–Trinajstić information content (AvgIpc) is 2.46. The molecule has 1 aromatic carbocycles. The largest absolute Gasteiger partial charge is 0.387 e. The van der Waals surface area contributed by atoms with Crippen molar-refractivity contribution in [1.82, 2.24) is 10.6 Å². The molecule has 2 rings (SSSR count). The standard InChI is InChI=1S/C14H19ClN2O2S/c15-11-3-1-10(2-4-11)13(18)8-17-14(19)7-12-9-20-6-5-16-12/h1-4,12-13,16,18H,5-9H2,(H,17,19). The monoisotopic (exact) mass is 314 g/mol. The molecule has 1 aromatic rings. The fourth-order valence-electron chi connectivity index (χ4n) is 2.06. The van der Waals surface area contributed by atoms with Crippen molar-refractivity contribution in [2.45, 2.75) is 18.6 Å². The molecule has 4 nitrogen and oxygen atoms in total. The van der Waals surface area contributed by atoms with Crippen molar-refractivity contribution < 1.29 is 9.90 Å². The molecule has 1 heterocycles. The van der Waals surface area contributed by atoms with Crippen LogP contribution in [0.2, 0.25) is 5.02 Å². The van der Waals surface area contributed by atoms with E-state index in [1.807, 2.05) is 11.8 Å². The minimum Gasteiger partial charge on any atom is -0.387 e. The molecule has 0 radical (unpaired) electrons. The molecule has 1 aliphatic heterocycles. The summed E-state index contributed by atoms with van der Waals surface area (Å²) in [6.45, 7) is 1.18. The van der Waals surface area contributed by atoms with E-state index < -0.39 is 6.10 Å². The first-order chi connectivity index (χ1) is 9.65. The van der Waals surface area contributed by atoms with Crippen LogP contribution in [0.15, 0.2) is 24.3 Å². The lowest BCUT2D eigenvalue weighted by Crippen LogP contribution is -2.41. The highest BCUT2D eigenvalue weighted by atomic mass is 35.5. The average molecular weight is 315 g/mol. The molecule has 1 fully saturated rings. The summed E-state index contributed by atoms with van der Waals surface area (Å²) in [5.41, 5.74) is 0.751. The van der Waals surface area contributed by atoms with Crippen LogP contribution in [0.1, 0.15) is 18.1 Å². The van der Waals surface area contributed by atoms with Crippen LogP contribution in [0.5, 0.6) is 0 Å². The molecule has 1 amide bonds. The van der Waals surface area contributed by atoms with Gasteiger partial charge in [0.05, 0.1) is 6.10 Å². The Morgan fingerprint density at radius 1 is 1.50 bits per heavy atom. The number of carbonyl (C=O) groups is 1. The van der Waals surface area contributed by atoms with E-state index in [1.165, 1.54) is 0 Å². The number of hydrogen-bond acceptors (Lipinski definition) is 4. The van der Waals surface area contributed by atoms with E-state index >= 15 is 0 Å². The molecular formula is C14H19ClN2O2S. The molecule has 6 heteroatoms. The fourth-order valence-corrected chi connectivity index (χ4v) is 3.14. The lowest BCUT2D eigenvalue weighted by Gasteiger charge is -2.22. The highest BCUT2D eigenvalue weighted by molar-refractivity contribution is 7.99. The summed E-state index contributed by atoms with van der Waals surface area (Å²) in [6.07, 6.45) is -0.245. The van der Waals surface area contributed by atoms with E-state index in [2.05, 4.69) is 10.6 Å². The molecule has 0 aliphatic carbocycles. The Kier molecular flexibility index (Phi) is 6.16. The van der Waals surface area contributed by atoms with Crippen molar-refractivity contribution in [2.24, 2.45) is 0 Å². The van der Waals surface area contributed by atoms with Crippen LogP contribution >= 0.6 is 23.4 Å². The Hall–Kier alpha value is -0.750. The molecule has 0 aromatic heterocycles. The normalized spacial score (nSPS) is 20.4. The number of rotatable bonds is 5. The van der Waals surface area contributed by atoms with Crippen LogP contribution < -0.4 is 10.6 Å². The third kappa shape index (κ3) is 4.98. The molecule has 0 spiro atoms. The van der Waals surface area contributed by atoms with E-state index in [4.69, 9.17) is 11.6 Å². The van der Waals surface area contributed by atoms with Crippen LogP contribution in [0.25, 0.3) is 0 Å². The van der Waals surface area contributed by atoms with Crippen molar-refractivity contribution in [2.75, 3.05) is 24.6 Å². The van der Waals surface area contributed by atoms with Crippen LogP contribution in [-0.4, -0.2) is 41.7 Å². The number of carbonyl (C=O) groups excluding carboxylic acids is 1. The lowest BCUT2D eigenvalue weighted by molar-refractivity contribution is -0.121. The van der Waals surface area contributed by atoms with Gasteiger partial charge in [-0.25, -0.2) is 0 Å². The molecule has 0 bridgehead atoms. The highest BCUT2D eigenvalue weighted by Crippen LogP contribution is 2.16. The van der Waals surface area contributed by atoms with Crippen molar-refractivity contribution in [3.05, 3.63) is 34.9 Å². The van der Waals surface area contributed by atoms with Crippen molar-refractivity contribution in [3.63, 3.8) is 0 Å². The maximum Gasteiger partial charge on any atom is 0.221 e. The predicted octanol–water partition coefficient (Wildman–Crippen LogP) is 1.58. The molecule has 1 saturated heterocycles.